The van der Waals surface area contributed by atoms with Crippen LogP contribution in [0.1, 0.15) is 24.5 Å². The molecule has 0 aliphatic rings. The second-order valence-corrected chi connectivity index (χ2v) is 6.01. The average Bonchev–Trinajstić information content (AvgIpc) is 2.61. The van der Waals surface area contributed by atoms with Crippen LogP contribution in [0.5, 0.6) is 5.75 Å². The molecule has 0 fully saturated rings. The van der Waals surface area contributed by atoms with Crippen LogP contribution in [-0.2, 0) is 9.59 Å². The van der Waals surface area contributed by atoms with Crippen LogP contribution >= 0.6 is 0 Å². The van der Waals surface area contributed by atoms with E-state index in [9.17, 15) is 9.59 Å². The predicted molar refractivity (Wildman–Crippen MR) is 102 cm³/mol. The average molecular weight is 353 g/mol. The smallest absolute Gasteiger partial charge is 0.277 e. The largest absolute Gasteiger partial charge is 0.484 e. The van der Waals surface area contributed by atoms with Crippen molar-refractivity contribution in [3.63, 3.8) is 0 Å². The number of nitrogens with one attached hydrogen (secondary N) is 2. The van der Waals surface area contributed by atoms with Crippen molar-refractivity contribution < 1.29 is 14.3 Å². The minimum atomic E-state index is -0.383. The van der Waals surface area contributed by atoms with Crippen molar-refractivity contribution in [1.29, 1.82) is 0 Å². The Hall–Kier alpha value is -3.15. The van der Waals surface area contributed by atoms with E-state index in [1.165, 1.54) is 0 Å². The Labute approximate surface area is 153 Å². The lowest BCUT2D eigenvalue weighted by molar-refractivity contribution is -0.123. The minimum Gasteiger partial charge on any atom is -0.484 e. The van der Waals surface area contributed by atoms with Crippen molar-refractivity contribution in [2.75, 3.05) is 11.9 Å². The molecule has 0 radical (unpaired) electrons. The van der Waals surface area contributed by atoms with Gasteiger partial charge < -0.3 is 10.1 Å². The standard InChI is InChI=1S/C20H23N3O3/c1-14-9-10-18(11-15(14)2)26-13-20(25)23-22-16(3)12-19(24)21-17-7-5-4-6-8-17/h4-11H,12-13H2,1-3H3,(H,21,24)(H,23,25). The molecule has 0 aliphatic heterocycles. The number of hydrazone groups is 1. The summed E-state index contributed by atoms with van der Waals surface area (Å²) in [6.07, 6.45) is 0.0905. The first-order chi connectivity index (χ1) is 12.4. The Morgan fingerprint density at radius 3 is 2.42 bits per heavy atom. The zero-order valence-electron chi connectivity index (χ0n) is 15.2. The van der Waals surface area contributed by atoms with E-state index in [-0.39, 0.29) is 24.8 Å². The summed E-state index contributed by atoms with van der Waals surface area (Å²) in [6, 6.07) is 14.8. The topological polar surface area (TPSA) is 79.8 Å². The zero-order chi connectivity index (χ0) is 18.9. The number of benzene rings is 2. The molecule has 26 heavy (non-hydrogen) atoms. The molecule has 0 aromatic heterocycles. The molecule has 0 aliphatic carbocycles. The summed E-state index contributed by atoms with van der Waals surface area (Å²) < 4.78 is 5.44. The highest BCUT2D eigenvalue weighted by atomic mass is 16.5. The van der Waals surface area contributed by atoms with Crippen LogP contribution in [0.25, 0.3) is 0 Å². The molecule has 0 saturated heterocycles. The molecule has 2 amide bonds. The molecule has 136 valence electrons. The fourth-order valence-corrected chi connectivity index (χ4v) is 2.14. The van der Waals surface area contributed by atoms with E-state index in [0.29, 0.717) is 11.5 Å². The molecule has 6 heteroatoms. The number of aryl methyl sites for hydroxylation is 2. The van der Waals surface area contributed by atoms with Crippen molar-refractivity contribution in [2.24, 2.45) is 5.10 Å². The van der Waals surface area contributed by atoms with Crippen LogP contribution in [0.3, 0.4) is 0 Å². The molecule has 0 heterocycles. The Balaban J connectivity index is 1.75. The first kappa shape index (κ1) is 19.2. The third-order valence-electron chi connectivity index (χ3n) is 3.69. The van der Waals surface area contributed by atoms with E-state index in [0.717, 1.165) is 16.8 Å². The lowest BCUT2D eigenvalue weighted by Gasteiger charge is -2.08. The molecule has 2 N–H and O–H groups in total. The highest BCUT2D eigenvalue weighted by Crippen LogP contribution is 2.16. The Kier molecular flexibility index (Phi) is 6.91. The van der Waals surface area contributed by atoms with Crippen molar-refractivity contribution in [3.05, 3.63) is 59.7 Å². The minimum absolute atomic E-state index is 0.0905. The fraction of sp³-hybridized carbons (Fsp3) is 0.250. The van der Waals surface area contributed by atoms with Crippen LogP contribution in [-0.4, -0.2) is 24.1 Å². The van der Waals surface area contributed by atoms with Gasteiger partial charge in [0.2, 0.25) is 5.91 Å². The number of ether oxygens (including phenoxy) is 1. The van der Waals surface area contributed by atoms with Gasteiger partial charge in [-0.15, -0.1) is 0 Å². The van der Waals surface area contributed by atoms with Gasteiger partial charge in [-0.05, 0) is 56.2 Å². The summed E-state index contributed by atoms with van der Waals surface area (Å²) in [5.41, 5.74) is 5.87. The number of hydrogen-bond acceptors (Lipinski definition) is 4. The van der Waals surface area contributed by atoms with Gasteiger partial charge in [0.1, 0.15) is 5.75 Å². The Bertz CT molecular complexity index is 801. The molecule has 2 aromatic rings. The van der Waals surface area contributed by atoms with Gasteiger partial charge in [0, 0.05) is 11.4 Å². The number of rotatable bonds is 7. The van der Waals surface area contributed by atoms with E-state index in [4.69, 9.17) is 4.74 Å². The number of para-hydroxylation sites is 1. The molecule has 2 rings (SSSR count). The van der Waals surface area contributed by atoms with Gasteiger partial charge in [0.05, 0.1) is 6.42 Å². The van der Waals surface area contributed by atoms with Gasteiger partial charge in [-0.1, -0.05) is 24.3 Å². The number of carbonyl (C=O) groups is 2. The van der Waals surface area contributed by atoms with Crippen LogP contribution in [0.15, 0.2) is 53.6 Å². The summed E-state index contributed by atoms with van der Waals surface area (Å²) in [7, 11) is 0. The maximum absolute atomic E-state index is 11.9. The zero-order valence-corrected chi connectivity index (χ0v) is 15.2. The number of carbonyl (C=O) groups excluding carboxylic acids is 2. The van der Waals surface area contributed by atoms with Gasteiger partial charge in [0.25, 0.3) is 5.91 Å². The molecule has 0 atom stereocenters. The lowest BCUT2D eigenvalue weighted by atomic mass is 10.1. The third kappa shape index (κ3) is 6.39. The number of hydrogen-bond donors (Lipinski definition) is 2. The number of nitrogens with zero attached hydrogens (tertiary/aromatic N) is 1. The normalized spacial score (nSPS) is 11.0. The number of anilines is 1. The molecule has 0 spiro atoms. The summed E-state index contributed by atoms with van der Waals surface area (Å²) in [5.74, 6) is 0.0512. The van der Waals surface area contributed by atoms with Crippen molar-refractivity contribution in [1.82, 2.24) is 5.43 Å². The summed E-state index contributed by atoms with van der Waals surface area (Å²) in [5, 5.41) is 6.69. The number of amides is 2. The molecule has 0 saturated carbocycles. The van der Waals surface area contributed by atoms with Gasteiger partial charge in [0.15, 0.2) is 6.61 Å². The second-order valence-electron chi connectivity index (χ2n) is 6.01. The Morgan fingerprint density at radius 2 is 1.73 bits per heavy atom. The monoisotopic (exact) mass is 353 g/mol. The fourth-order valence-electron chi connectivity index (χ4n) is 2.14. The van der Waals surface area contributed by atoms with E-state index in [1.54, 1.807) is 19.1 Å². The first-order valence-corrected chi connectivity index (χ1v) is 8.31. The summed E-state index contributed by atoms with van der Waals surface area (Å²) in [6.45, 7) is 5.53. The van der Waals surface area contributed by atoms with Gasteiger partial charge in [-0.25, -0.2) is 5.43 Å². The lowest BCUT2D eigenvalue weighted by Crippen LogP contribution is -2.26. The molecule has 6 nitrogen and oxygen atoms in total. The van der Waals surface area contributed by atoms with Gasteiger partial charge >= 0.3 is 0 Å². The molecule has 2 aromatic carbocycles. The van der Waals surface area contributed by atoms with E-state index >= 15 is 0 Å². The van der Waals surface area contributed by atoms with Crippen molar-refractivity contribution in [3.8, 4) is 5.75 Å². The first-order valence-electron chi connectivity index (χ1n) is 8.31. The van der Waals surface area contributed by atoms with E-state index < -0.39 is 0 Å². The molecule has 0 bridgehead atoms. The van der Waals surface area contributed by atoms with Crippen molar-refractivity contribution >= 4 is 23.2 Å². The summed E-state index contributed by atoms with van der Waals surface area (Å²) in [4.78, 5) is 23.7. The van der Waals surface area contributed by atoms with Crippen LogP contribution in [0, 0.1) is 13.8 Å². The SMILES string of the molecule is CC(CC(=O)Nc1ccccc1)=NNC(=O)COc1ccc(C)c(C)c1. The van der Waals surface area contributed by atoms with E-state index in [2.05, 4.69) is 15.8 Å². The van der Waals surface area contributed by atoms with Crippen LogP contribution < -0.4 is 15.5 Å². The van der Waals surface area contributed by atoms with E-state index in [1.807, 2.05) is 50.2 Å². The Morgan fingerprint density at radius 1 is 1.00 bits per heavy atom. The molecule has 0 unspecified atom stereocenters. The summed E-state index contributed by atoms with van der Waals surface area (Å²) >= 11 is 0. The van der Waals surface area contributed by atoms with Crippen LogP contribution in [0.4, 0.5) is 5.69 Å². The maximum atomic E-state index is 11.9. The predicted octanol–water partition coefficient (Wildman–Crippen LogP) is 3.20. The highest BCUT2D eigenvalue weighted by molar-refractivity contribution is 6.05. The third-order valence-corrected chi connectivity index (χ3v) is 3.69. The van der Waals surface area contributed by atoms with Gasteiger partial charge in [-0.3, -0.25) is 9.59 Å². The highest BCUT2D eigenvalue weighted by Gasteiger charge is 2.06. The molecular weight excluding hydrogens is 330 g/mol. The van der Waals surface area contributed by atoms with Crippen LogP contribution in [0.2, 0.25) is 0 Å². The van der Waals surface area contributed by atoms with Gasteiger partial charge in [-0.2, -0.15) is 5.10 Å². The maximum Gasteiger partial charge on any atom is 0.277 e. The second kappa shape index (κ2) is 9.36. The quantitative estimate of drug-likeness (QED) is 0.592. The van der Waals surface area contributed by atoms with Crippen molar-refractivity contribution in [2.45, 2.75) is 27.2 Å². The molecular formula is C20H23N3O3.